The number of nitrogens with zero attached hydrogens (tertiary/aromatic N) is 5. The molecule has 5 aromatic rings. The Balaban J connectivity index is 1.55. The van der Waals surface area contributed by atoms with Crippen molar-refractivity contribution in [3.63, 3.8) is 0 Å². The van der Waals surface area contributed by atoms with E-state index in [-0.39, 0.29) is 0 Å². The van der Waals surface area contributed by atoms with Crippen LogP contribution in [0.4, 0.5) is 0 Å². The fraction of sp³-hybridized carbons (Fsp3) is 0.208. The van der Waals surface area contributed by atoms with Gasteiger partial charge in [-0.2, -0.15) is 0 Å². The fourth-order valence-electron chi connectivity index (χ4n) is 3.87. The first kappa shape index (κ1) is 18.5. The Hall–Kier alpha value is -3.51. The standard InChI is InChI=1S/C24H23N5O/c1-4-30-15-23-26-27-24-17(3)21(10-12-29(23)24)18-6-8-22-19(13-18)9-11-28(22)20-7-5-16(2)25-14-20/h5-14H,4,15H2,1-3H3. The summed E-state index contributed by atoms with van der Waals surface area (Å²) in [4.78, 5) is 4.42. The maximum absolute atomic E-state index is 5.50. The first-order valence-corrected chi connectivity index (χ1v) is 10.1. The third-order valence-electron chi connectivity index (χ3n) is 5.51. The normalized spacial score (nSPS) is 11.6. The van der Waals surface area contributed by atoms with Crippen molar-refractivity contribution in [1.82, 2.24) is 24.1 Å². The van der Waals surface area contributed by atoms with Crippen LogP contribution in [0.2, 0.25) is 0 Å². The third-order valence-corrected chi connectivity index (χ3v) is 5.51. The molecule has 0 spiro atoms. The summed E-state index contributed by atoms with van der Waals surface area (Å²) in [5, 5.41) is 9.88. The predicted molar refractivity (Wildman–Crippen MR) is 118 cm³/mol. The molecule has 0 radical (unpaired) electrons. The van der Waals surface area contributed by atoms with Gasteiger partial charge in [0.1, 0.15) is 6.61 Å². The van der Waals surface area contributed by atoms with Crippen LogP contribution in [-0.2, 0) is 11.3 Å². The number of pyridine rings is 2. The molecule has 0 atom stereocenters. The van der Waals surface area contributed by atoms with Gasteiger partial charge in [0.25, 0.3) is 0 Å². The number of fused-ring (bicyclic) bond motifs is 2. The zero-order chi connectivity index (χ0) is 20.7. The van der Waals surface area contributed by atoms with E-state index in [0.29, 0.717) is 13.2 Å². The molecule has 0 saturated carbocycles. The van der Waals surface area contributed by atoms with Crippen molar-refractivity contribution in [3.8, 4) is 16.8 Å². The molecule has 30 heavy (non-hydrogen) atoms. The highest BCUT2D eigenvalue weighted by molar-refractivity contribution is 5.88. The lowest BCUT2D eigenvalue weighted by atomic mass is 10.0. The molecule has 0 fully saturated rings. The first-order valence-electron chi connectivity index (χ1n) is 10.1. The molecule has 5 rings (SSSR count). The summed E-state index contributed by atoms with van der Waals surface area (Å²) in [6, 6.07) is 15.0. The van der Waals surface area contributed by atoms with Crippen LogP contribution < -0.4 is 0 Å². The molecule has 0 N–H and O–H groups in total. The van der Waals surface area contributed by atoms with Gasteiger partial charge < -0.3 is 9.30 Å². The van der Waals surface area contributed by atoms with Crippen LogP contribution in [0.3, 0.4) is 0 Å². The smallest absolute Gasteiger partial charge is 0.164 e. The van der Waals surface area contributed by atoms with E-state index in [2.05, 4.69) is 69.3 Å². The van der Waals surface area contributed by atoms with Crippen LogP contribution in [0.15, 0.2) is 61.1 Å². The minimum absolute atomic E-state index is 0.462. The van der Waals surface area contributed by atoms with E-state index < -0.39 is 0 Å². The van der Waals surface area contributed by atoms with Crippen molar-refractivity contribution in [3.05, 3.63) is 78.1 Å². The first-order chi connectivity index (χ1) is 14.7. The van der Waals surface area contributed by atoms with Crippen LogP contribution in [0, 0.1) is 13.8 Å². The molecule has 150 valence electrons. The van der Waals surface area contributed by atoms with Crippen molar-refractivity contribution in [2.75, 3.05) is 6.61 Å². The zero-order valence-electron chi connectivity index (χ0n) is 17.3. The molecule has 0 aliphatic carbocycles. The Morgan fingerprint density at radius 1 is 0.967 bits per heavy atom. The van der Waals surface area contributed by atoms with Gasteiger partial charge >= 0.3 is 0 Å². The van der Waals surface area contributed by atoms with E-state index in [1.807, 2.05) is 36.7 Å². The maximum Gasteiger partial charge on any atom is 0.164 e. The summed E-state index contributed by atoms with van der Waals surface area (Å²) in [6.07, 6.45) is 6.03. The summed E-state index contributed by atoms with van der Waals surface area (Å²) >= 11 is 0. The number of rotatable bonds is 5. The molecule has 0 aliphatic heterocycles. The molecule has 1 aromatic carbocycles. The second kappa shape index (κ2) is 7.39. The van der Waals surface area contributed by atoms with Crippen LogP contribution >= 0.6 is 0 Å². The number of aromatic nitrogens is 5. The van der Waals surface area contributed by atoms with Gasteiger partial charge in [0.05, 0.1) is 17.4 Å². The lowest BCUT2D eigenvalue weighted by molar-refractivity contribution is 0.127. The minimum Gasteiger partial charge on any atom is -0.374 e. The van der Waals surface area contributed by atoms with Crippen molar-refractivity contribution in [2.45, 2.75) is 27.4 Å². The highest BCUT2D eigenvalue weighted by Crippen LogP contribution is 2.30. The summed E-state index contributed by atoms with van der Waals surface area (Å²) < 4.78 is 9.68. The summed E-state index contributed by atoms with van der Waals surface area (Å²) in [5.41, 5.74) is 7.53. The maximum atomic E-state index is 5.50. The van der Waals surface area contributed by atoms with E-state index in [1.165, 1.54) is 5.39 Å². The van der Waals surface area contributed by atoms with Crippen molar-refractivity contribution in [1.29, 1.82) is 0 Å². The van der Waals surface area contributed by atoms with E-state index in [0.717, 1.165) is 45.1 Å². The van der Waals surface area contributed by atoms with Crippen LogP contribution in [0.1, 0.15) is 24.0 Å². The highest BCUT2D eigenvalue weighted by Gasteiger charge is 2.13. The van der Waals surface area contributed by atoms with Crippen molar-refractivity contribution >= 4 is 16.6 Å². The highest BCUT2D eigenvalue weighted by atomic mass is 16.5. The number of benzene rings is 1. The summed E-state index contributed by atoms with van der Waals surface area (Å²) in [7, 11) is 0. The monoisotopic (exact) mass is 397 g/mol. The van der Waals surface area contributed by atoms with E-state index in [9.17, 15) is 0 Å². The fourth-order valence-corrected chi connectivity index (χ4v) is 3.87. The van der Waals surface area contributed by atoms with Gasteiger partial charge in [-0.1, -0.05) is 6.07 Å². The zero-order valence-corrected chi connectivity index (χ0v) is 17.3. The molecule has 6 heteroatoms. The van der Waals surface area contributed by atoms with E-state index >= 15 is 0 Å². The number of hydrogen-bond donors (Lipinski definition) is 0. The number of ether oxygens (including phenoxy) is 1. The molecular weight excluding hydrogens is 374 g/mol. The van der Waals surface area contributed by atoms with Gasteiger partial charge in [-0.15, -0.1) is 10.2 Å². The number of aryl methyl sites for hydroxylation is 2. The molecule has 0 bridgehead atoms. The Morgan fingerprint density at radius 3 is 2.67 bits per heavy atom. The molecule has 0 unspecified atom stereocenters. The Labute approximate surface area is 174 Å². The van der Waals surface area contributed by atoms with E-state index in [4.69, 9.17) is 4.74 Å². The average molecular weight is 397 g/mol. The Morgan fingerprint density at radius 2 is 1.87 bits per heavy atom. The molecule has 0 aliphatic rings. The van der Waals surface area contributed by atoms with Gasteiger partial charge in [-0.05, 0) is 68.3 Å². The molecular formula is C24H23N5O. The van der Waals surface area contributed by atoms with Crippen LogP contribution in [-0.4, -0.2) is 30.8 Å². The second-order valence-corrected chi connectivity index (χ2v) is 7.42. The molecule has 0 saturated heterocycles. The van der Waals surface area contributed by atoms with Crippen LogP contribution in [0.25, 0.3) is 33.4 Å². The lowest BCUT2D eigenvalue weighted by Crippen LogP contribution is -1.99. The summed E-state index contributed by atoms with van der Waals surface area (Å²) in [6.45, 7) is 7.19. The SMILES string of the molecule is CCOCc1nnc2c(C)c(-c3ccc4c(ccn4-c4ccc(C)nc4)c3)ccn12. The van der Waals surface area contributed by atoms with Crippen molar-refractivity contribution < 1.29 is 4.74 Å². The topological polar surface area (TPSA) is 57.2 Å². The Kier molecular flexibility index (Phi) is 4.56. The molecule has 4 aromatic heterocycles. The van der Waals surface area contributed by atoms with Gasteiger partial charge in [-0.3, -0.25) is 9.38 Å². The Bertz CT molecular complexity index is 1350. The largest absolute Gasteiger partial charge is 0.374 e. The quantitative estimate of drug-likeness (QED) is 0.424. The lowest BCUT2D eigenvalue weighted by Gasteiger charge is -2.10. The second-order valence-electron chi connectivity index (χ2n) is 7.42. The van der Waals surface area contributed by atoms with Crippen molar-refractivity contribution in [2.24, 2.45) is 0 Å². The molecule has 6 nitrogen and oxygen atoms in total. The average Bonchev–Trinajstić information content (AvgIpc) is 3.37. The minimum atomic E-state index is 0.462. The van der Waals surface area contributed by atoms with Gasteiger partial charge in [0.2, 0.25) is 0 Å². The predicted octanol–water partition coefficient (Wildman–Crippen LogP) is 4.89. The van der Waals surface area contributed by atoms with Gasteiger partial charge in [-0.25, -0.2) is 0 Å². The summed E-state index contributed by atoms with van der Waals surface area (Å²) in [5.74, 6) is 0.820. The van der Waals surface area contributed by atoms with Gasteiger partial charge in [0.15, 0.2) is 11.5 Å². The van der Waals surface area contributed by atoms with E-state index in [1.54, 1.807) is 0 Å². The third kappa shape index (κ3) is 3.06. The molecule has 0 amide bonds. The van der Waals surface area contributed by atoms with Gasteiger partial charge in [0, 0.05) is 35.6 Å². The number of hydrogen-bond acceptors (Lipinski definition) is 4. The van der Waals surface area contributed by atoms with Crippen LogP contribution in [0.5, 0.6) is 0 Å². The molecule has 4 heterocycles.